The molecule has 0 bridgehead atoms. The second-order valence-electron chi connectivity index (χ2n) is 3.74. The highest BCUT2D eigenvalue weighted by Crippen LogP contribution is 2.34. The summed E-state index contributed by atoms with van der Waals surface area (Å²) in [7, 11) is 0. The Bertz CT molecular complexity index is 234. The summed E-state index contributed by atoms with van der Waals surface area (Å²) in [6.07, 6.45) is 3.70. The molecule has 0 saturated heterocycles. The zero-order valence-electron chi connectivity index (χ0n) is 8.69. The summed E-state index contributed by atoms with van der Waals surface area (Å²) in [6, 6.07) is 0. The van der Waals surface area contributed by atoms with Gasteiger partial charge >= 0.3 is 5.97 Å². The third kappa shape index (κ3) is 4.56. The molecule has 1 saturated carbocycles. The fraction of sp³-hybridized carbons (Fsp3) is 0.875. The molecule has 0 aromatic rings. The van der Waals surface area contributed by atoms with Crippen LogP contribution in [0.15, 0.2) is 0 Å². The first-order valence-electron chi connectivity index (χ1n) is 4.49. The molecule has 1 aliphatic carbocycles. The van der Waals surface area contributed by atoms with Gasteiger partial charge < -0.3 is 16.2 Å². The zero-order chi connectivity index (χ0) is 10.8. The largest absolute Gasteiger partial charge is 0.442 e. The van der Waals surface area contributed by atoms with Gasteiger partial charge in [0, 0.05) is 12.8 Å². The normalized spacial score (nSPS) is 17.9. The number of carbonyl (C=O) groups excluding carboxylic acids is 1. The molecule has 7 heteroatoms. The first kappa shape index (κ1) is 15.0. The van der Waals surface area contributed by atoms with Gasteiger partial charge in [-0.05, 0) is 18.4 Å². The number of carbonyl (C=O) groups is 1. The molecule has 0 aromatic carbocycles. The first-order valence-corrected chi connectivity index (χ1v) is 5.88. The zero-order valence-corrected chi connectivity index (χ0v) is 10.3. The van der Waals surface area contributed by atoms with E-state index in [1.54, 1.807) is 11.8 Å². The minimum atomic E-state index is -1.40. The van der Waals surface area contributed by atoms with Crippen molar-refractivity contribution < 1.29 is 9.53 Å². The van der Waals surface area contributed by atoms with Crippen molar-refractivity contribution in [3.8, 4) is 0 Å². The lowest BCUT2D eigenvalue weighted by Gasteiger charge is -2.24. The molecule has 0 amide bonds. The quantitative estimate of drug-likeness (QED) is 0.463. The van der Waals surface area contributed by atoms with Crippen LogP contribution in [0.25, 0.3) is 0 Å². The van der Waals surface area contributed by atoms with Crippen LogP contribution in [0.1, 0.15) is 19.3 Å². The van der Waals surface area contributed by atoms with Gasteiger partial charge in [0.2, 0.25) is 0 Å². The molecule has 0 radical (unpaired) electrons. The topological polar surface area (TPSA) is 104 Å². The molecule has 90 valence electrons. The minimum Gasteiger partial charge on any atom is -0.442 e. The molecule has 0 aromatic heterocycles. The summed E-state index contributed by atoms with van der Waals surface area (Å²) in [6.45, 7) is 0. The molecular weight excluding hydrogens is 238 g/mol. The average Bonchev–Trinajstić information content (AvgIpc) is 2.80. The molecule has 1 rings (SSSR count). The highest BCUT2D eigenvalue weighted by Gasteiger charge is 2.46. The third-order valence-corrected chi connectivity index (χ3v) is 2.75. The van der Waals surface area contributed by atoms with Crippen LogP contribution in [-0.4, -0.2) is 29.4 Å². The predicted octanol–water partition coefficient (Wildman–Crippen LogP) is -0.233. The van der Waals surface area contributed by atoms with Crippen molar-refractivity contribution in [2.75, 3.05) is 12.0 Å². The van der Waals surface area contributed by atoms with E-state index in [1.807, 2.05) is 6.26 Å². The standard InChI is InChI=1S/C8H17N3O2S.ClH/c1-14-5-4-8(10,11)6(12)13-7(9)2-3-7;/h2-5,9-11H2,1H3;1H. The van der Waals surface area contributed by atoms with Gasteiger partial charge in [0.05, 0.1) is 0 Å². The van der Waals surface area contributed by atoms with E-state index in [4.69, 9.17) is 21.9 Å². The van der Waals surface area contributed by atoms with Gasteiger partial charge in [0.25, 0.3) is 0 Å². The van der Waals surface area contributed by atoms with Gasteiger partial charge in [-0.2, -0.15) is 11.8 Å². The SMILES string of the molecule is CSCCC(N)(N)C(=O)OC1(N)CC1.Cl. The molecule has 0 heterocycles. The molecule has 1 aliphatic rings. The highest BCUT2D eigenvalue weighted by atomic mass is 35.5. The molecule has 15 heavy (non-hydrogen) atoms. The fourth-order valence-electron chi connectivity index (χ4n) is 0.878. The number of hydrogen-bond acceptors (Lipinski definition) is 6. The average molecular weight is 256 g/mol. The third-order valence-electron chi connectivity index (χ3n) is 2.14. The lowest BCUT2D eigenvalue weighted by Crippen LogP contribution is -2.59. The van der Waals surface area contributed by atoms with Crippen molar-refractivity contribution in [1.82, 2.24) is 0 Å². The van der Waals surface area contributed by atoms with E-state index in [0.29, 0.717) is 19.3 Å². The maximum Gasteiger partial charge on any atom is 0.342 e. The van der Waals surface area contributed by atoms with Crippen molar-refractivity contribution in [2.24, 2.45) is 17.2 Å². The van der Waals surface area contributed by atoms with E-state index >= 15 is 0 Å². The number of ether oxygens (including phenoxy) is 1. The summed E-state index contributed by atoms with van der Waals surface area (Å²) in [5.74, 6) is 0.117. The molecule has 0 atom stereocenters. The van der Waals surface area contributed by atoms with Crippen molar-refractivity contribution in [3.63, 3.8) is 0 Å². The minimum absolute atomic E-state index is 0. The lowest BCUT2D eigenvalue weighted by molar-refractivity contribution is -0.157. The van der Waals surface area contributed by atoms with Gasteiger partial charge in [-0.25, -0.2) is 4.79 Å². The van der Waals surface area contributed by atoms with Crippen LogP contribution in [0.5, 0.6) is 0 Å². The Morgan fingerprint density at radius 1 is 1.53 bits per heavy atom. The molecule has 5 nitrogen and oxygen atoms in total. The predicted molar refractivity (Wildman–Crippen MR) is 63.6 cm³/mol. The van der Waals surface area contributed by atoms with E-state index < -0.39 is 17.4 Å². The maximum atomic E-state index is 11.5. The number of rotatable bonds is 5. The molecule has 1 fully saturated rings. The molecule has 0 aliphatic heterocycles. The van der Waals surface area contributed by atoms with Crippen molar-refractivity contribution in [1.29, 1.82) is 0 Å². The number of esters is 1. The molecule has 0 unspecified atom stereocenters. The van der Waals surface area contributed by atoms with Gasteiger partial charge in [-0.15, -0.1) is 12.4 Å². The smallest absolute Gasteiger partial charge is 0.342 e. The Morgan fingerprint density at radius 2 is 2.07 bits per heavy atom. The summed E-state index contributed by atoms with van der Waals surface area (Å²) in [5.41, 5.74) is 14.6. The lowest BCUT2D eigenvalue weighted by atomic mass is 10.1. The fourth-order valence-corrected chi connectivity index (χ4v) is 1.42. The van der Waals surface area contributed by atoms with Gasteiger partial charge in [-0.1, -0.05) is 0 Å². The van der Waals surface area contributed by atoms with E-state index in [1.165, 1.54) is 0 Å². The Morgan fingerprint density at radius 3 is 2.47 bits per heavy atom. The maximum absolute atomic E-state index is 11.5. The van der Waals surface area contributed by atoms with E-state index in [2.05, 4.69) is 0 Å². The number of hydrogen-bond donors (Lipinski definition) is 3. The Hall–Kier alpha value is -0.0100. The second-order valence-corrected chi connectivity index (χ2v) is 4.72. The Labute approximate surface area is 99.9 Å². The van der Waals surface area contributed by atoms with Crippen LogP contribution in [0.4, 0.5) is 0 Å². The first-order chi connectivity index (χ1) is 6.40. The van der Waals surface area contributed by atoms with Crippen LogP contribution in [0.3, 0.4) is 0 Å². The highest BCUT2D eigenvalue weighted by molar-refractivity contribution is 7.98. The van der Waals surface area contributed by atoms with Crippen LogP contribution in [0.2, 0.25) is 0 Å². The summed E-state index contributed by atoms with van der Waals surface area (Å²) >= 11 is 1.58. The van der Waals surface area contributed by atoms with E-state index in [0.717, 1.165) is 5.75 Å². The van der Waals surface area contributed by atoms with Crippen LogP contribution in [-0.2, 0) is 9.53 Å². The summed E-state index contributed by atoms with van der Waals surface area (Å²) in [5, 5.41) is 0. The van der Waals surface area contributed by atoms with E-state index in [9.17, 15) is 4.79 Å². The van der Waals surface area contributed by atoms with Gasteiger partial charge in [0.1, 0.15) is 0 Å². The number of nitrogens with two attached hydrogens (primary N) is 3. The van der Waals surface area contributed by atoms with Gasteiger partial charge in [0.15, 0.2) is 11.4 Å². The van der Waals surface area contributed by atoms with E-state index in [-0.39, 0.29) is 12.4 Å². The van der Waals surface area contributed by atoms with Gasteiger partial charge in [-0.3, -0.25) is 5.73 Å². The van der Waals surface area contributed by atoms with Crippen molar-refractivity contribution in [3.05, 3.63) is 0 Å². The van der Waals surface area contributed by atoms with Crippen LogP contribution >= 0.6 is 24.2 Å². The number of thioether (sulfide) groups is 1. The Balaban J connectivity index is 0.00000196. The van der Waals surface area contributed by atoms with Crippen molar-refractivity contribution in [2.45, 2.75) is 30.7 Å². The van der Waals surface area contributed by atoms with Crippen molar-refractivity contribution >= 4 is 30.1 Å². The van der Waals surface area contributed by atoms with Crippen LogP contribution < -0.4 is 17.2 Å². The summed E-state index contributed by atoms with van der Waals surface area (Å²) < 4.78 is 4.99. The second kappa shape index (κ2) is 5.36. The Kier molecular flexibility index (Phi) is 5.35. The summed E-state index contributed by atoms with van der Waals surface area (Å²) in [4.78, 5) is 11.5. The molecule has 0 spiro atoms. The monoisotopic (exact) mass is 255 g/mol. The van der Waals surface area contributed by atoms with Crippen LogP contribution in [0, 0.1) is 0 Å². The molecular formula is C8H18ClN3O2S. The molecule has 6 N–H and O–H groups in total. The number of halogens is 1.